The molecule has 0 amide bonds. The lowest BCUT2D eigenvalue weighted by Gasteiger charge is -2.27. The van der Waals surface area contributed by atoms with Crippen LogP contribution in [-0.2, 0) is 0 Å². The molecule has 0 radical (unpaired) electrons. The van der Waals surface area contributed by atoms with Crippen molar-refractivity contribution in [2.45, 2.75) is 32.6 Å². The molecule has 0 aliphatic carbocycles. The second-order valence-corrected chi connectivity index (χ2v) is 5.37. The van der Waals surface area contributed by atoms with E-state index >= 15 is 0 Å². The van der Waals surface area contributed by atoms with Gasteiger partial charge in [-0.25, -0.2) is 0 Å². The maximum absolute atomic E-state index is 9.70. The number of allylic oxidation sites excluding steroid dienone is 2. The fraction of sp³-hybridized carbons (Fsp3) is 0.294. The van der Waals surface area contributed by atoms with Crippen molar-refractivity contribution in [3.8, 4) is 6.07 Å². The lowest BCUT2D eigenvalue weighted by atomic mass is 9.81. The first kappa shape index (κ1) is 13.4. The quantitative estimate of drug-likeness (QED) is 0.896. The lowest BCUT2D eigenvalue weighted by Crippen LogP contribution is -2.18. The number of nitrogens with one attached hydrogen (secondary N) is 2. The van der Waals surface area contributed by atoms with Crippen molar-refractivity contribution >= 4 is 5.82 Å². The van der Waals surface area contributed by atoms with Crippen LogP contribution in [0.5, 0.6) is 0 Å². The second-order valence-electron chi connectivity index (χ2n) is 5.37. The number of anilines is 1. The lowest BCUT2D eigenvalue weighted by molar-refractivity contribution is 0.845. The molecule has 2 N–H and O–H groups in total. The Morgan fingerprint density at radius 1 is 1.29 bits per heavy atom. The van der Waals surface area contributed by atoms with Gasteiger partial charge in [-0.15, -0.1) is 0 Å². The van der Waals surface area contributed by atoms with Crippen molar-refractivity contribution in [2.75, 3.05) is 5.32 Å². The summed E-state index contributed by atoms with van der Waals surface area (Å²) in [6.07, 6.45) is 3.68. The molecular weight excluding hydrogens is 260 g/mol. The highest BCUT2D eigenvalue weighted by atomic mass is 15.2. The van der Waals surface area contributed by atoms with E-state index < -0.39 is 0 Å². The van der Waals surface area contributed by atoms with Crippen LogP contribution in [0.4, 0.5) is 5.82 Å². The van der Waals surface area contributed by atoms with Crippen LogP contribution in [0.25, 0.3) is 0 Å². The Labute approximate surface area is 124 Å². The van der Waals surface area contributed by atoms with Crippen LogP contribution in [0, 0.1) is 18.3 Å². The molecule has 1 aromatic heterocycles. The predicted molar refractivity (Wildman–Crippen MR) is 82.8 cm³/mol. The Morgan fingerprint density at radius 2 is 2.10 bits per heavy atom. The minimum absolute atomic E-state index is 0.0345. The third-order valence-electron chi connectivity index (χ3n) is 3.99. The molecule has 0 saturated heterocycles. The molecule has 1 atom stereocenters. The second kappa shape index (κ2) is 5.45. The van der Waals surface area contributed by atoms with Gasteiger partial charge in [0, 0.05) is 11.3 Å². The van der Waals surface area contributed by atoms with E-state index in [9.17, 15) is 5.26 Å². The monoisotopic (exact) mass is 278 g/mol. The number of aromatic amines is 1. The molecule has 4 nitrogen and oxygen atoms in total. The molecule has 1 aliphatic heterocycles. The largest absolute Gasteiger partial charge is 0.343 e. The molecule has 1 aliphatic rings. The zero-order valence-corrected chi connectivity index (χ0v) is 12.3. The van der Waals surface area contributed by atoms with Gasteiger partial charge < -0.3 is 5.32 Å². The Balaban J connectivity index is 2.20. The molecule has 0 saturated carbocycles. The van der Waals surface area contributed by atoms with Crippen LogP contribution in [0.3, 0.4) is 0 Å². The van der Waals surface area contributed by atoms with E-state index in [0.717, 1.165) is 35.5 Å². The highest BCUT2D eigenvalue weighted by Gasteiger charge is 2.31. The number of benzene rings is 1. The average molecular weight is 278 g/mol. The Morgan fingerprint density at radius 3 is 2.81 bits per heavy atom. The Bertz CT molecular complexity index is 733. The summed E-state index contributed by atoms with van der Waals surface area (Å²) in [5.41, 5.74) is 5.22. The van der Waals surface area contributed by atoms with E-state index in [4.69, 9.17) is 0 Å². The number of aryl methyl sites for hydroxylation is 1. The third kappa shape index (κ3) is 2.21. The third-order valence-corrected chi connectivity index (χ3v) is 3.99. The topological polar surface area (TPSA) is 64.5 Å². The molecule has 106 valence electrons. The minimum atomic E-state index is -0.0345. The summed E-state index contributed by atoms with van der Waals surface area (Å²) in [4.78, 5) is 0. The molecule has 1 aromatic carbocycles. The molecule has 1 unspecified atom stereocenters. The number of aromatic nitrogens is 2. The molecule has 4 heteroatoms. The molecule has 3 rings (SSSR count). The first-order valence-corrected chi connectivity index (χ1v) is 7.25. The van der Waals surface area contributed by atoms with Gasteiger partial charge in [-0.3, -0.25) is 5.10 Å². The molecule has 2 aromatic rings. The van der Waals surface area contributed by atoms with Gasteiger partial charge in [0.05, 0.1) is 23.8 Å². The number of hydrogen-bond acceptors (Lipinski definition) is 3. The smallest absolute Gasteiger partial charge is 0.129 e. The first-order valence-electron chi connectivity index (χ1n) is 7.25. The summed E-state index contributed by atoms with van der Waals surface area (Å²) in [6, 6.07) is 10.7. The zero-order valence-electron chi connectivity index (χ0n) is 12.3. The predicted octanol–water partition coefficient (Wildman–Crippen LogP) is 3.85. The fourth-order valence-corrected chi connectivity index (χ4v) is 2.98. The minimum Gasteiger partial charge on any atom is -0.343 e. The van der Waals surface area contributed by atoms with Gasteiger partial charge in [0.15, 0.2) is 0 Å². The van der Waals surface area contributed by atoms with Crippen molar-refractivity contribution in [1.82, 2.24) is 10.2 Å². The summed E-state index contributed by atoms with van der Waals surface area (Å²) in [7, 11) is 0. The number of H-pyrrole nitrogens is 1. The number of nitriles is 1. The summed E-state index contributed by atoms with van der Waals surface area (Å²) >= 11 is 0. The van der Waals surface area contributed by atoms with Gasteiger partial charge in [-0.1, -0.05) is 37.6 Å². The first-order chi connectivity index (χ1) is 10.3. The van der Waals surface area contributed by atoms with E-state index in [0.29, 0.717) is 0 Å². The highest BCUT2D eigenvalue weighted by Crippen LogP contribution is 2.42. The van der Waals surface area contributed by atoms with E-state index in [-0.39, 0.29) is 5.92 Å². The van der Waals surface area contributed by atoms with Gasteiger partial charge in [-0.2, -0.15) is 10.4 Å². The molecule has 2 heterocycles. The normalized spacial score (nSPS) is 17.1. The maximum atomic E-state index is 9.70. The van der Waals surface area contributed by atoms with Crippen LogP contribution in [-0.4, -0.2) is 10.2 Å². The van der Waals surface area contributed by atoms with Gasteiger partial charge in [0.2, 0.25) is 0 Å². The summed E-state index contributed by atoms with van der Waals surface area (Å²) < 4.78 is 0. The molecule has 0 fully saturated rings. The number of nitrogens with zero attached hydrogens (tertiary/aromatic N) is 2. The highest BCUT2D eigenvalue weighted by molar-refractivity contribution is 5.64. The SMILES string of the molecule is CCCC1=C(C#N)C(c2ccccc2C)c2cn[nH]c2N1. The Hall–Kier alpha value is -2.54. The fourth-order valence-electron chi connectivity index (χ4n) is 2.98. The van der Waals surface area contributed by atoms with Gasteiger partial charge in [0.25, 0.3) is 0 Å². The number of rotatable bonds is 3. The van der Waals surface area contributed by atoms with Crippen LogP contribution >= 0.6 is 0 Å². The van der Waals surface area contributed by atoms with Gasteiger partial charge in [0.1, 0.15) is 5.82 Å². The number of fused-ring (bicyclic) bond motifs is 1. The summed E-state index contributed by atoms with van der Waals surface area (Å²) in [5, 5.41) is 20.2. The van der Waals surface area contributed by atoms with Crippen molar-refractivity contribution in [2.24, 2.45) is 0 Å². The van der Waals surface area contributed by atoms with Crippen molar-refractivity contribution in [3.05, 3.63) is 58.4 Å². The molecule has 0 spiro atoms. The van der Waals surface area contributed by atoms with E-state index in [1.165, 1.54) is 11.1 Å². The number of hydrogen-bond donors (Lipinski definition) is 2. The van der Waals surface area contributed by atoms with E-state index in [1.807, 2.05) is 18.3 Å². The van der Waals surface area contributed by atoms with Gasteiger partial charge >= 0.3 is 0 Å². The summed E-state index contributed by atoms with van der Waals surface area (Å²) in [5.74, 6) is 0.874. The summed E-state index contributed by atoms with van der Waals surface area (Å²) in [6.45, 7) is 4.21. The molecule has 21 heavy (non-hydrogen) atoms. The van der Waals surface area contributed by atoms with Gasteiger partial charge in [-0.05, 0) is 24.5 Å². The molecular formula is C17H18N4. The van der Waals surface area contributed by atoms with E-state index in [1.54, 1.807) is 0 Å². The standard InChI is InChI=1S/C17H18N4/c1-3-6-15-13(9-18)16(12-8-5-4-7-11(12)2)14-10-19-21-17(14)20-15/h4-5,7-8,10,16H,3,6H2,1-2H3,(H2,19,20,21). The van der Waals surface area contributed by atoms with Crippen LogP contribution < -0.4 is 5.32 Å². The maximum Gasteiger partial charge on any atom is 0.129 e. The van der Waals surface area contributed by atoms with Crippen LogP contribution in [0.15, 0.2) is 41.7 Å². The zero-order chi connectivity index (χ0) is 14.8. The van der Waals surface area contributed by atoms with Crippen molar-refractivity contribution < 1.29 is 0 Å². The van der Waals surface area contributed by atoms with Crippen molar-refractivity contribution in [1.29, 1.82) is 5.26 Å². The van der Waals surface area contributed by atoms with Crippen LogP contribution in [0.1, 0.15) is 42.4 Å². The average Bonchev–Trinajstić information content (AvgIpc) is 2.95. The van der Waals surface area contributed by atoms with Crippen LogP contribution in [0.2, 0.25) is 0 Å². The Kier molecular flexibility index (Phi) is 3.49. The van der Waals surface area contributed by atoms with Crippen molar-refractivity contribution in [3.63, 3.8) is 0 Å². The molecule has 0 bridgehead atoms. The van der Waals surface area contributed by atoms with E-state index in [2.05, 4.69) is 47.6 Å².